The number of carboxylic acid groups (broad SMARTS) is 1. The lowest BCUT2D eigenvalue weighted by atomic mass is 9.71. The van der Waals surface area contributed by atoms with Crippen LogP contribution in [0.4, 0.5) is 0 Å². The van der Waals surface area contributed by atoms with Gasteiger partial charge in [0.15, 0.2) is 0 Å². The highest BCUT2D eigenvalue weighted by molar-refractivity contribution is 5.85. The summed E-state index contributed by atoms with van der Waals surface area (Å²) in [5.74, 6) is -1.71. The summed E-state index contributed by atoms with van der Waals surface area (Å²) in [6, 6.07) is -0.362. The van der Waals surface area contributed by atoms with E-state index in [1.807, 2.05) is 0 Å². The van der Waals surface area contributed by atoms with Gasteiger partial charge in [-0.05, 0) is 19.8 Å². The van der Waals surface area contributed by atoms with Gasteiger partial charge in [0, 0.05) is 18.9 Å². The highest BCUT2D eigenvalue weighted by atomic mass is 16.4. The Balaban J connectivity index is 2.57. The molecule has 6 nitrogen and oxygen atoms in total. The molecule has 108 valence electrons. The molecule has 1 atom stereocenters. The van der Waals surface area contributed by atoms with Crippen LogP contribution in [0.3, 0.4) is 0 Å². The van der Waals surface area contributed by atoms with E-state index in [4.69, 9.17) is 5.73 Å². The zero-order chi connectivity index (χ0) is 14.5. The van der Waals surface area contributed by atoms with Crippen molar-refractivity contribution < 1.29 is 19.5 Å². The van der Waals surface area contributed by atoms with Crippen molar-refractivity contribution in [3.05, 3.63) is 0 Å². The predicted octanol–water partition coefficient (Wildman–Crippen LogP) is 0.792. The number of carbonyl (C=O) groups is 3. The molecule has 0 aromatic heterocycles. The third kappa shape index (κ3) is 4.54. The highest BCUT2D eigenvalue weighted by Crippen LogP contribution is 2.39. The number of carbonyl (C=O) groups excluding carboxylic acids is 2. The van der Waals surface area contributed by atoms with Crippen LogP contribution in [0, 0.1) is 5.41 Å². The van der Waals surface area contributed by atoms with Gasteiger partial charge in [0.05, 0.1) is 5.41 Å². The molecule has 4 N–H and O–H groups in total. The molecule has 0 radical (unpaired) electrons. The van der Waals surface area contributed by atoms with Gasteiger partial charge in [-0.15, -0.1) is 0 Å². The Morgan fingerprint density at radius 1 is 1.26 bits per heavy atom. The Labute approximate surface area is 112 Å². The summed E-state index contributed by atoms with van der Waals surface area (Å²) in [4.78, 5) is 34.0. The topological polar surface area (TPSA) is 109 Å². The van der Waals surface area contributed by atoms with Crippen LogP contribution in [0.15, 0.2) is 0 Å². The van der Waals surface area contributed by atoms with Gasteiger partial charge in [0.1, 0.15) is 0 Å². The maximum Gasteiger partial charge on any atom is 0.310 e. The maximum absolute atomic E-state index is 11.9. The Morgan fingerprint density at radius 2 is 1.84 bits per heavy atom. The van der Waals surface area contributed by atoms with E-state index in [-0.39, 0.29) is 24.8 Å². The summed E-state index contributed by atoms with van der Waals surface area (Å²) in [7, 11) is 0. The van der Waals surface area contributed by atoms with Gasteiger partial charge in [-0.25, -0.2) is 0 Å². The molecule has 6 heteroatoms. The Hall–Kier alpha value is -1.59. The molecule has 0 aromatic rings. The van der Waals surface area contributed by atoms with E-state index in [0.717, 1.165) is 19.3 Å². The predicted molar refractivity (Wildman–Crippen MR) is 69.2 cm³/mol. The number of aliphatic carboxylic acids is 1. The van der Waals surface area contributed by atoms with Crippen LogP contribution in [0.1, 0.15) is 51.9 Å². The van der Waals surface area contributed by atoms with Gasteiger partial charge in [-0.2, -0.15) is 0 Å². The summed E-state index contributed by atoms with van der Waals surface area (Å²) in [5.41, 5.74) is 4.11. The molecule has 19 heavy (non-hydrogen) atoms. The Bertz CT molecular complexity index is 362. The van der Waals surface area contributed by atoms with E-state index in [9.17, 15) is 19.5 Å². The number of nitrogens with two attached hydrogens (primary N) is 1. The van der Waals surface area contributed by atoms with Crippen molar-refractivity contribution in [1.82, 2.24) is 5.32 Å². The summed E-state index contributed by atoms with van der Waals surface area (Å²) in [5, 5.41) is 12.0. The molecule has 1 fully saturated rings. The van der Waals surface area contributed by atoms with E-state index in [2.05, 4.69) is 5.32 Å². The van der Waals surface area contributed by atoms with Crippen molar-refractivity contribution >= 4 is 17.8 Å². The van der Waals surface area contributed by atoms with Crippen LogP contribution in [0.2, 0.25) is 0 Å². The number of primary amides is 1. The fraction of sp³-hybridized carbons (Fsp3) is 0.769. The van der Waals surface area contributed by atoms with Crippen molar-refractivity contribution in [2.24, 2.45) is 11.1 Å². The number of carboxylic acids is 1. The van der Waals surface area contributed by atoms with Crippen LogP contribution < -0.4 is 11.1 Å². The van der Waals surface area contributed by atoms with Crippen molar-refractivity contribution in [3.8, 4) is 0 Å². The first-order chi connectivity index (χ1) is 8.85. The maximum atomic E-state index is 11.9. The lowest BCUT2D eigenvalue weighted by Gasteiger charge is -2.32. The van der Waals surface area contributed by atoms with Crippen molar-refractivity contribution in [2.45, 2.75) is 57.9 Å². The summed E-state index contributed by atoms with van der Waals surface area (Å²) in [6.07, 6.45) is 3.83. The molecular formula is C13H22N2O4. The number of hydrogen-bond donors (Lipinski definition) is 3. The average Bonchev–Trinajstić information content (AvgIpc) is 2.28. The van der Waals surface area contributed by atoms with Crippen LogP contribution in [0.25, 0.3) is 0 Å². The first kappa shape index (κ1) is 15.5. The third-order valence-electron chi connectivity index (χ3n) is 3.68. The molecular weight excluding hydrogens is 248 g/mol. The zero-order valence-corrected chi connectivity index (χ0v) is 11.3. The normalized spacial score (nSPS) is 19.4. The van der Waals surface area contributed by atoms with Gasteiger partial charge in [-0.1, -0.05) is 19.3 Å². The van der Waals surface area contributed by atoms with Gasteiger partial charge in [0.25, 0.3) is 0 Å². The standard InChI is InChI=1S/C13H22N2O4/c1-9(7-10(14)16)15-11(17)8-13(12(18)19)5-3-2-4-6-13/h9H,2-8H2,1H3,(H2,14,16)(H,15,17)(H,18,19). The zero-order valence-electron chi connectivity index (χ0n) is 11.3. The second kappa shape index (κ2) is 6.54. The molecule has 0 saturated heterocycles. The van der Waals surface area contributed by atoms with Crippen LogP contribution >= 0.6 is 0 Å². The summed E-state index contributed by atoms with van der Waals surface area (Å²) < 4.78 is 0. The number of amides is 2. The van der Waals surface area contributed by atoms with Crippen molar-refractivity contribution in [1.29, 1.82) is 0 Å². The van der Waals surface area contributed by atoms with Crippen LogP contribution in [-0.4, -0.2) is 28.9 Å². The second-order valence-electron chi connectivity index (χ2n) is 5.46. The minimum atomic E-state index is -0.936. The van der Waals surface area contributed by atoms with Gasteiger partial charge in [-0.3, -0.25) is 14.4 Å². The Morgan fingerprint density at radius 3 is 2.32 bits per heavy atom. The molecule has 2 amide bonds. The summed E-state index contributed by atoms with van der Waals surface area (Å²) >= 11 is 0. The quantitative estimate of drug-likeness (QED) is 0.662. The Kier molecular flexibility index (Phi) is 5.32. The smallest absolute Gasteiger partial charge is 0.310 e. The molecule has 1 unspecified atom stereocenters. The van der Waals surface area contributed by atoms with E-state index in [1.54, 1.807) is 6.92 Å². The molecule has 1 saturated carbocycles. The van der Waals surface area contributed by atoms with E-state index in [1.165, 1.54) is 0 Å². The van der Waals surface area contributed by atoms with E-state index < -0.39 is 17.3 Å². The summed E-state index contributed by atoms with van der Waals surface area (Å²) in [6.45, 7) is 1.68. The van der Waals surface area contributed by atoms with Gasteiger partial charge in [0.2, 0.25) is 11.8 Å². The minimum absolute atomic E-state index is 0.0224. The van der Waals surface area contributed by atoms with Crippen LogP contribution in [-0.2, 0) is 14.4 Å². The fourth-order valence-corrected chi connectivity index (χ4v) is 2.68. The minimum Gasteiger partial charge on any atom is -0.481 e. The molecule has 0 spiro atoms. The average molecular weight is 270 g/mol. The molecule has 0 aliphatic heterocycles. The highest BCUT2D eigenvalue weighted by Gasteiger charge is 2.41. The van der Waals surface area contributed by atoms with Crippen molar-refractivity contribution in [2.75, 3.05) is 0 Å². The van der Waals surface area contributed by atoms with E-state index >= 15 is 0 Å². The third-order valence-corrected chi connectivity index (χ3v) is 3.68. The molecule has 0 aromatic carbocycles. The lowest BCUT2D eigenvalue weighted by Crippen LogP contribution is -2.42. The second-order valence-corrected chi connectivity index (χ2v) is 5.46. The number of nitrogens with one attached hydrogen (secondary N) is 1. The van der Waals surface area contributed by atoms with Gasteiger partial charge < -0.3 is 16.2 Å². The SMILES string of the molecule is CC(CC(N)=O)NC(=O)CC1(C(=O)O)CCCCC1. The molecule has 1 rings (SSSR count). The van der Waals surface area contributed by atoms with E-state index in [0.29, 0.717) is 12.8 Å². The fourth-order valence-electron chi connectivity index (χ4n) is 2.68. The van der Waals surface area contributed by atoms with Crippen LogP contribution in [0.5, 0.6) is 0 Å². The first-order valence-electron chi connectivity index (χ1n) is 6.67. The molecule has 1 aliphatic rings. The monoisotopic (exact) mass is 270 g/mol. The number of hydrogen-bond acceptors (Lipinski definition) is 3. The van der Waals surface area contributed by atoms with Gasteiger partial charge >= 0.3 is 5.97 Å². The molecule has 0 heterocycles. The van der Waals surface area contributed by atoms with Crippen molar-refractivity contribution in [3.63, 3.8) is 0 Å². The first-order valence-corrected chi connectivity index (χ1v) is 6.67. The largest absolute Gasteiger partial charge is 0.481 e. The molecule has 0 bridgehead atoms. The number of rotatable bonds is 6. The lowest BCUT2D eigenvalue weighted by molar-refractivity contribution is -0.154. The molecule has 1 aliphatic carbocycles.